The molecule has 2 aliphatic heterocycles. The average Bonchev–Trinajstić information content (AvgIpc) is 3.20. The van der Waals surface area contributed by atoms with Crippen LogP contribution in [-0.4, -0.2) is 48.8 Å². The van der Waals surface area contributed by atoms with Crippen molar-refractivity contribution in [2.45, 2.75) is 12.8 Å². The summed E-state index contributed by atoms with van der Waals surface area (Å²) in [4.78, 5) is 39.0. The van der Waals surface area contributed by atoms with Crippen molar-refractivity contribution < 1.29 is 19.1 Å². The van der Waals surface area contributed by atoms with E-state index in [0.717, 1.165) is 35.3 Å². The van der Waals surface area contributed by atoms with Crippen LogP contribution in [-0.2, 0) is 14.3 Å². The molecule has 2 saturated heterocycles. The van der Waals surface area contributed by atoms with E-state index >= 15 is 0 Å². The molecular weight excluding hydrogens is 328 g/mol. The highest BCUT2D eigenvalue weighted by molar-refractivity contribution is 8.18. The molecule has 0 N–H and O–H groups in total. The Hall–Kier alpha value is -2.28. The third kappa shape index (κ3) is 3.46. The van der Waals surface area contributed by atoms with Crippen LogP contribution in [0.1, 0.15) is 18.4 Å². The van der Waals surface area contributed by atoms with Gasteiger partial charge in [0.1, 0.15) is 6.54 Å². The molecule has 2 amide bonds. The largest absolute Gasteiger partial charge is 0.468 e. The monoisotopic (exact) mass is 346 g/mol. The van der Waals surface area contributed by atoms with Crippen molar-refractivity contribution in [1.29, 1.82) is 0 Å². The second-order valence-corrected chi connectivity index (χ2v) is 6.62. The van der Waals surface area contributed by atoms with E-state index in [1.54, 1.807) is 6.08 Å². The van der Waals surface area contributed by atoms with E-state index < -0.39 is 17.1 Å². The van der Waals surface area contributed by atoms with Crippen LogP contribution >= 0.6 is 11.8 Å². The van der Waals surface area contributed by atoms with Gasteiger partial charge in [-0.15, -0.1) is 0 Å². The third-order valence-corrected chi connectivity index (χ3v) is 4.96. The number of carbonyl (C=O) groups excluding carboxylic acids is 3. The van der Waals surface area contributed by atoms with Crippen LogP contribution in [0.3, 0.4) is 0 Å². The maximum atomic E-state index is 12.2. The molecule has 0 spiro atoms. The fourth-order valence-electron chi connectivity index (χ4n) is 2.74. The van der Waals surface area contributed by atoms with Gasteiger partial charge in [0.2, 0.25) is 0 Å². The fourth-order valence-corrected chi connectivity index (χ4v) is 3.58. The summed E-state index contributed by atoms with van der Waals surface area (Å²) in [7, 11) is 1.22. The lowest BCUT2D eigenvalue weighted by Gasteiger charge is -2.17. The van der Waals surface area contributed by atoms with Crippen LogP contribution in [0.4, 0.5) is 10.5 Å². The Morgan fingerprint density at radius 2 is 1.88 bits per heavy atom. The van der Waals surface area contributed by atoms with Crippen LogP contribution in [0.25, 0.3) is 6.08 Å². The van der Waals surface area contributed by atoms with Gasteiger partial charge in [-0.25, -0.2) is 0 Å². The van der Waals surface area contributed by atoms with Gasteiger partial charge in [-0.2, -0.15) is 0 Å². The van der Waals surface area contributed by atoms with Gasteiger partial charge in [0, 0.05) is 18.8 Å². The summed E-state index contributed by atoms with van der Waals surface area (Å²) in [5.41, 5.74) is 2.02. The van der Waals surface area contributed by atoms with Crippen LogP contribution < -0.4 is 4.90 Å². The highest BCUT2D eigenvalue weighted by Gasteiger charge is 2.36. The Bertz CT molecular complexity index is 693. The SMILES string of the molecule is COC(=O)CN1C(=O)SC(=Cc2ccc(N3CCCC3)cc2)C1=O. The molecule has 6 nitrogen and oxygen atoms in total. The van der Waals surface area contributed by atoms with Crippen molar-refractivity contribution in [2.24, 2.45) is 0 Å². The van der Waals surface area contributed by atoms with Crippen molar-refractivity contribution in [3.8, 4) is 0 Å². The quantitative estimate of drug-likeness (QED) is 0.616. The number of thioether (sulfide) groups is 1. The van der Waals surface area contributed by atoms with Gasteiger partial charge in [-0.3, -0.25) is 19.3 Å². The van der Waals surface area contributed by atoms with Gasteiger partial charge in [-0.1, -0.05) is 12.1 Å². The number of imide groups is 1. The number of carbonyl (C=O) groups is 3. The number of esters is 1. The zero-order valence-electron chi connectivity index (χ0n) is 13.4. The molecule has 0 saturated carbocycles. The lowest BCUT2D eigenvalue weighted by atomic mass is 10.2. The Morgan fingerprint density at radius 1 is 1.21 bits per heavy atom. The summed E-state index contributed by atoms with van der Waals surface area (Å²) in [5, 5.41) is -0.453. The predicted molar refractivity (Wildman–Crippen MR) is 92.6 cm³/mol. The van der Waals surface area contributed by atoms with Crippen LogP contribution in [0.15, 0.2) is 29.2 Å². The lowest BCUT2D eigenvalue weighted by molar-refractivity contribution is -0.143. The first-order valence-electron chi connectivity index (χ1n) is 7.75. The third-order valence-electron chi connectivity index (χ3n) is 4.05. The maximum Gasteiger partial charge on any atom is 0.325 e. The van der Waals surface area contributed by atoms with Crippen molar-refractivity contribution in [3.05, 3.63) is 34.7 Å². The van der Waals surface area contributed by atoms with Crippen LogP contribution in [0, 0.1) is 0 Å². The molecule has 2 fully saturated rings. The van der Waals surface area contributed by atoms with Crippen LogP contribution in [0.2, 0.25) is 0 Å². The summed E-state index contributed by atoms with van der Waals surface area (Å²) in [5.74, 6) is -1.08. The Kier molecular flexibility index (Phi) is 4.89. The second kappa shape index (κ2) is 7.09. The Balaban J connectivity index is 1.72. The number of anilines is 1. The molecule has 0 bridgehead atoms. The molecule has 0 radical (unpaired) electrons. The van der Waals surface area contributed by atoms with Gasteiger partial charge in [0.25, 0.3) is 11.1 Å². The minimum Gasteiger partial charge on any atom is -0.468 e. The molecule has 2 aliphatic rings. The maximum absolute atomic E-state index is 12.2. The van der Waals surface area contributed by atoms with Gasteiger partial charge in [-0.05, 0) is 48.4 Å². The van der Waals surface area contributed by atoms with Crippen LogP contribution in [0.5, 0.6) is 0 Å². The zero-order chi connectivity index (χ0) is 17.1. The average molecular weight is 346 g/mol. The van der Waals surface area contributed by atoms with E-state index in [0.29, 0.717) is 4.91 Å². The Morgan fingerprint density at radius 3 is 2.50 bits per heavy atom. The first kappa shape index (κ1) is 16.6. The fraction of sp³-hybridized carbons (Fsp3) is 0.353. The molecule has 0 aromatic heterocycles. The molecular formula is C17H18N2O4S. The van der Waals surface area contributed by atoms with E-state index in [-0.39, 0.29) is 6.54 Å². The standard InChI is InChI=1S/C17H18N2O4S/c1-23-15(20)11-19-16(21)14(24-17(19)22)10-12-4-6-13(7-5-12)18-8-2-3-9-18/h4-7,10H,2-3,8-9,11H2,1H3. The summed E-state index contributed by atoms with van der Waals surface area (Å²) in [6.45, 7) is 1.80. The number of hydrogen-bond acceptors (Lipinski definition) is 6. The summed E-state index contributed by atoms with van der Waals surface area (Å²) in [6, 6.07) is 7.91. The van der Waals surface area contributed by atoms with E-state index in [9.17, 15) is 14.4 Å². The normalized spacial score (nSPS) is 19.5. The van der Waals surface area contributed by atoms with Crippen molar-refractivity contribution in [1.82, 2.24) is 4.90 Å². The molecule has 24 heavy (non-hydrogen) atoms. The number of ether oxygens (including phenoxy) is 1. The van der Waals surface area contributed by atoms with E-state index in [1.807, 2.05) is 24.3 Å². The number of benzene rings is 1. The number of rotatable bonds is 4. The molecule has 3 rings (SSSR count). The number of methoxy groups -OCH3 is 1. The summed E-state index contributed by atoms with van der Waals surface area (Å²) < 4.78 is 4.51. The van der Waals surface area contributed by atoms with E-state index in [2.05, 4.69) is 9.64 Å². The molecule has 1 aromatic rings. The molecule has 0 atom stereocenters. The summed E-state index contributed by atoms with van der Waals surface area (Å²) in [6.07, 6.45) is 4.11. The molecule has 1 aromatic carbocycles. The minimum absolute atomic E-state index is 0.317. The predicted octanol–water partition coefficient (Wildman–Crippen LogP) is 2.50. The van der Waals surface area contributed by atoms with E-state index in [1.165, 1.54) is 25.6 Å². The molecule has 126 valence electrons. The molecule has 2 heterocycles. The highest BCUT2D eigenvalue weighted by Crippen LogP contribution is 2.32. The number of hydrogen-bond donors (Lipinski definition) is 0. The second-order valence-electron chi connectivity index (χ2n) is 5.63. The van der Waals surface area contributed by atoms with Gasteiger partial charge >= 0.3 is 5.97 Å². The van der Waals surface area contributed by atoms with Gasteiger partial charge < -0.3 is 9.64 Å². The number of amides is 2. The zero-order valence-corrected chi connectivity index (χ0v) is 14.2. The highest BCUT2D eigenvalue weighted by atomic mass is 32.2. The first-order chi connectivity index (χ1) is 11.6. The number of nitrogens with zero attached hydrogens (tertiary/aromatic N) is 2. The molecule has 0 unspecified atom stereocenters. The molecule has 0 aliphatic carbocycles. The van der Waals surface area contributed by atoms with Gasteiger partial charge in [0.05, 0.1) is 12.0 Å². The van der Waals surface area contributed by atoms with Crippen molar-refractivity contribution in [2.75, 3.05) is 31.6 Å². The lowest BCUT2D eigenvalue weighted by Crippen LogP contribution is -2.34. The Labute approximate surface area is 144 Å². The summed E-state index contributed by atoms with van der Waals surface area (Å²) >= 11 is 0.839. The smallest absolute Gasteiger partial charge is 0.325 e. The van der Waals surface area contributed by atoms with Gasteiger partial charge in [0.15, 0.2) is 0 Å². The minimum atomic E-state index is -0.617. The van der Waals surface area contributed by atoms with Crippen molar-refractivity contribution in [3.63, 3.8) is 0 Å². The molecule has 7 heteroatoms. The topological polar surface area (TPSA) is 66.9 Å². The van der Waals surface area contributed by atoms with E-state index in [4.69, 9.17) is 0 Å². The first-order valence-corrected chi connectivity index (χ1v) is 8.57. The van der Waals surface area contributed by atoms with Crippen molar-refractivity contribution >= 4 is 40.6 Å².